The van der Waals surface area contributed by atoms with Crippen molar-refractivity contribution >= 4 is 28.6 Å². The third-order valence-corrected chi connectivity index (χ3v) is 3.14. The average molecular weight is 345 g/mol. The second kappa shape index (κ2) is 4.87. The van der Waals surface area contributed by atoms with Crippen LogP contribution in [0.4, 0.5) is 4.39 Å². The lowest BCUT2D eigenvalue weighted by molar-refractivity contribution is 0.0601. The maximum absolute atomic E-state index is 13.6. The Bertz CT molecular complexity index is 565. The third kappa shape index (κ3) is 2.33. The fourth-order valence-corrected chi connectivity index (χ4v) is 2.23. The molecular formula is C12H9FINO2. The molecule has 0 fully saturated rings. The number of methoxy groups -OCH3 is 1. The van der Waals surface area contributed by atoms with E-state index in [1.807, 2.05) is 22.6 Å². The van der Waals surface area contributed by atoms with Gasteiger partial charge in [0.1, 0.15) is 5.82 Å². The first-order valence-corrected chi connectivity index (χ1v) is 5.92. The summed E-state index contributed by atoms with van der Waals surface area (Å²) in [6, 6.07) is 8.04. The molecular weight excluding hydrogens is 336 g/mol. The van der Waals surface area contributed by atoms with Crippen molar-refractivity contribution in [3.05, 3.63) is 51.6 Å². The van der Waals surface area contributed by atoms with Crippen molar-refractivity contribution in [1.29, 1.82) is 0 Å². The Balaban J connectivity index is 2.50. The van der Waals surface area contributed by atoms with Gasteiger partial charge >= 0.3 is 5.97 Å². The Morgan fingerprint density at radius 2 is 2.12 bits per heavy atom. The van der Waals surface area contributed by atoms with Crippen molar-refractivity contribution in [3.63, 3.8) is 0 Å². The van der Waals surface area contributed by atoms with Gasteiger partial charge in [-0.2, -0.15) is 0 Å². The predicted molar refractivity (Wildman–Crippen MR) is 69.8 cm³/mol. The van der Waals surface area contributed by atoms with E-state index in [2.05, 4.69) is 4.74 Å². The molecule has 1 aromatic heterocycles. The SMILES string of the molecule is COC(=O)c1cc(I)n(-c2ccccc2F)c1. The zero-order valence-electron chi connectivity index (χ0n) is 8.98. The highest BCUT2D eigenvalue weighted by molar-refractivity contribution is 14.1. The molecule has 2 rings (SSSR count). The van der Waals surface area contributed by atoms with Crippen LogP contribution in [-0.4, -0.2) is 17.6 Å². The molecule has 0 spiro atoms. The molecule has 1 aromatic carbocycles. The number of benzene rings is 1. The number of carbonyl (C=O) groups excluding carboxylic acids is 1. The number of carbonyl (C=O) groups is 1. The van der Waals surface area contributed by atoms with E-state index in [9.17, 15) is 9.18 Å². The first kappa shape index (κ1) is 12.1. The third-order valence-electron chi connectivity index (χ3n) is 2.31. The zero-order valence-corrected chi connectivity index (χ0v) is 11.1. The molecule has 0 saturated carbocycles. The molecule has 0 radical (unpaired) electrons. The molecule has 1 heterocycles. The first-order chi connectivity index (χ1) is 8.13. The van der Waals surface area contributed by atoms with Gasteiger partial charge in [0.2, 0.25) is 0 Å². The number of halogens is 2. The normalized spacial score (nSPS) is 10.3. The van der Waals surface area contributed by atoms with Gasteiger partial charge in [-0.05, 0) is 40.8 Å². The molecule has 0 saturated heterocycles. The molecule has 3 nitrogen and oxygen atoms in total. The van der Waals surface area contributed by atoms with Gasteiger partial charge in [-0.15, -0.1) is 0 Å². The summed E-state index contributed by atoms with van der Waals surface area (Å²) < 4.78 is 20.6. The summed E-state index contributed by atoms with van der Waals surface area (Å²) in [4.78, 5) is 11.4. The van der Waals surface area contributed by atoms with Crippen molar-refractivity contribution in [3.8, 4) is 5.69 Å². The number of hydrogen-bond acceptors (Lipinski definition) is 2. The van der Waals surface area contributed by atoms with Crippen LogP contribution in [0.15, 0.2) is 36.5 Å². The highest BCUT2D eigenvalue weighted by atomic mass is 127. The number of hydrogen-bond donors (Lipinski definition) is 0. The summed E-state index contributed by atoms with van der Waals surface area (Å²) in [5.41, 5.74) is 0.812. The van der Waals surface area contributed by atoms with E-state index < -0.39 is 5.97 Å². The minimum atomic E-state index is -0.432. The monoisotopic (exact) mass is 345 g/mol. The number of rotatable bonds is 2. The Kier molecular flexibility index (Phi) is 3.46. The van der Waals surface area contributed by atoms with Gasteiger partial charge in [0.25, 0.3) is 0 Å². The molecule has 0 unspecified atom stereocenters. The second-order valence-corrected chi connectivity index (χ2v) is 4.47. The Morgan fingerprint density at radius 3 is 2.76 bits per heavy atom. The lowest BCUT2D eigenvalue weighted by Crippen LogP contribution is -2.00. The number of para-hydroxylation sites is 1. The standard InChI is InChI=1S/C12H9FINO2/c1-17-12(16)8-6-11(14)15(7-8)10-5-3-2-4-9(10)13/h2-7H,1H3. The van der Waals surface area contributed by atoms with Crippen LogP contribution in [0.5, 0.6) is 0 Å². The molecule has 17 heavy (non-hydrogen) atoms. The quantitative estimate of drug-likeness (QED) is 0.619. The topological polar surface area (TPSA) is 31.2 Å². The molecule has 0 N–H and O–H groups in total. The molecule has 5 heteroatoms. The Morgan fingerprint density at radius 1 is 1.41 bits per heavy atom. The van der Waals surface area contributed by atoms with Gasteiger partial charge in [0.15, 0.2) is 0 Å². The number of nitrogens with zero attached hydrogens (tertiary/aromatic N) is 1. The molecule has 0 atom stereocenters. The van der Waals surface area contributed by atoms with E-state index in [0.717, 1.165) is 3.70 Å². The van der Waals surface area contributed by atoms with Crippen molar-refractivity contribution in [2.45, 2.75) is 0 Å². The molecule has 0 bridgehead atoms. The van der Waals surface area contributed by atoms with Crippen LogP contribution in [0, 0.1) is 9.52 Å². The Hall–Kier alpha value is -1.37. The molecule has 0 aliphatic rings. The van der Waals surface area contributed by atoms with Crippen LogP contribution in [0.25, 0.3) is 5.69 Å². The summed E-state index contributed by atoms with van der Waals surface area (Å²) in [6.45, 7) is 0. The van der Waals surface area contributed by atoms with Crippen LogP contribution in [-0.2, 0) is 4.74 Å². The van der Waals surface area contributed by atoms with Crippen LogP contribution in [0.2, 0.25) is 0 Å². The van der Waals surface area contributed by atoms with Gasteiger partial charge < -0.3 is 9.30 Å². The molecule has 2 aromatic rings. The lowest BCUT2D eigenvalue weighted by Gasteiger charge is -2.05. The van der Waals surface area contributed by atoms with E-state index in [1.165, 1.54) is 13.2 Å². The fraction of sp³-hybridized carbons (Fsp3) is 0.0833. The highest BCUT2D eigenvalue weighted by Gasteiger charge is 2.13. The van der Waals surface area contributed by atoms with Crippen LogP contribution < -0.4 is 0 Å². The summed E-state index contributed by atoms with van der Waals surface area (Å²) in [6.07, 6.45) is 1.56. The summed E-state index contributed by atoms with van der Waals surface area (Å²) in [5, 5.41) is 0. The first-order valence-electron chi connectivity index (χ1n) is 4.84. The minimum Gasteiger partial charge on any atom is -0.465 e. The summed E-state index contributed by atoms with van der Waals surface area (Å²) >= 11 is 2.04. The predicted octanol–water partition coefficient (Wildman–Crippen LogP) is 3.01. The van der Waals surface area contributed by atoms with Crippen LogP contribution >= 0.6 is 22.6 Å². The van der Waals surface area contributed by atoms with E-state index in [1.54, 1.807) is 35.0 Å². The van der Waals surface area contributed by atoms with Crippen molar-refractivity contribution < 1.29 is 13.9 Å². The Labute approximate surface area is 111 Å². The molecule has 0 amide bonds. The van der Waals surface area contributed by atoms with E-state index in [0.29, 0.717) is 11.3 Å². The molecule has 88 valence electrons. The summed E-state index contributed by atoms with van der Waals surface area (Å²) in [5.74, 6) is -0.768. The zero-order chi connectivity index (χ0) is 12.4. The average Bonchev–Trinajstić information content (AvgIpc) is 2.71. The maximum Gasteiger partial charge on any atom is 0.339 e. The molecule has 0 aliphatic carbocycles. The van der Waals surface area contributed by atoms with Crippen molar-refractivity contribution in [1.82, 2.24) is 4.57 Å². The summed E-state index contributed by atoms with van der Waals surface area (Å²) in [7, 11) is 1.32. The second-order valence-electron chi connectivity index (χ2n) is 3.36. The van der Waals surface area contributed by atoms with E-state index >= 15 is 0 Å². The van der Waals surface area contributed by atoms with Crippen molar-refractivity contribution in [2.75, 3.05) is 7.11 Å². The number of aromatic nitrogens is 1. The highest BCUT2D eigenvalue weighted by Crippen LogP contribution is 2.20. The largest absolute Gasteiger partial charge is 0.465 e. The van der Waals surface area contributed by atoms with Gasteiger partial charge in [-0.25, -0.2) is 9.18 Å². The minimum absolute atomic E-state index is 0.336. The van der Waals surface area contributed by atoms with E-state index in [-0.39, 0.29) is 5.82 Å². The number of ether oxygens (including phenoxy) is 1. The molecule has 0 aliphatic heterocycles. The van der Waals surface area contributed by atoms with E-state index in [4.69, 9.17) is 0 Å². The maximum atomic E-state index is 13.6. The lowest BCUT2D eigenvalue weighted by atomic mass is 10.3. The fourth-order valence-electron chi connectivity index (χ4n) is 1.50. The van der Waals surface area contributed by atoms with Gasteiger partial charge in [0, 0.05) is 6.20 Å². The van der Waals surface area contributed by atoms with Crippen molar-refractivity contribution in [2.24, 2.45) is 0 Å². The van der Waals surface area contributed by atoms with Gasteiger partial charge in [0.05, 0.1) is 22.1 Å². The van der Waals surface area contributed by atoms with Gasteiger partial charge in [-0.1, -0.05) is 12.1 Å². The van der Waals surface area contributed by atoms with Crippen LogP contribution in [0.3, 0.4) is 0 Å². The smallest absolute Gasteiger partial charge is 0.339 e. The van der Waals surface area contributed by atoms with Crippen LogP contribution in [0.1, 0.15) is 10.4 Å². The number of esters is 1. The van der Waals surface area contributed by atoms with Gasteiger partial charge in [-0.3, -0.25) is 0 Å².